The molecular formula is C22H19BrN2O3S. The lowest BCUT2D eigenvalue weighted by atomic mass is 10.2. The normalized spacial score (nSPS) is 10.2. The molecule has 0 bridgehead atoms. The van der Waals surface area contributed by atoms with Crippen LogP contribution in [0.15, 0.2) is 77.3 Å². The fourth-order valence-corrected chi connectivity index (χ4v) is 3.29. The molecule has 3 aromatic rings. The first-order valence-electron chi connectivity index (χ1n) is 8.89. The monoisotopic (exact) mass is 470 g/mol. The number of phenols is 1. The van der Waals surface area contributed by atoms with Crippen LogP contribution < -0.4 is 15.4 Å². The number of carbonyl (C=O) groups is 1. The van der Waals surface area contributed by atoms with E-state index in [1.807, 2.05) is 18.2 Å². The van der Waals surface area contributed by atoms with E-state index in [1.54, 1.807) is 36.4 Å². The zero-order valence-corrected chi connectivity index (χ0v) is 17.8. The number of phenolic OH excluding ortho intramolecular Hbond substituents is 1. The summed E-state index contributed by atoms with van der Waals surface area (Å²) >= 11 is 8.59. The fourth-order valence-electron chi connectivity index (χ4n) is 2.59. The number of ether oxygens (including phenoxy) is 1. The van der Waals surface area contributed by atoms with Gasteiger partial charge in [-0.05, 0) is 64.0 Å². The van der Waals surface area contributed by atoms with Gasteiger partial charge in [-0.3, -0.25) is 10.1 Å². The molecule has 0 fully saturated rings. The number of amides is 1. The highest BCUT2D eigenvalue weighted by atomic mass is 79.9. The minimum Gasteiger partial charge on any atom is -0.506 e. The third-order valence-electron chi connectivity index (χ3n) is 4.06. The van der Waals surface area contributed by atoms with E-state index in [2.05, 4.69) is 38.7 Å². The predicted octanol–water partition coefficient (Wildman–Crippen LogP) is 4.90. The number of hydrogen-bond acceptors (Lipinski definition) is 4. The van der Waals surface area contributed by atoms with Gasteiger partial charge in [-0.25, -0.2) is 0 Å². The number of nitrogens with one attached hydrogen (secondary N) is 2. The van der Waals surface area contributed by atoms with Gasteiger partial charge in [0.15, 0.2) is 5.11 Å². The highest BCUT2D eigenvalue weighted by Gasteiger charge is 2.12. The van der Waals surface area contributed by atoms with Crippen molar-refractivity contribution >= 4 is 44.9 Å². The van der Waals surface area contributed by atoms with Gasteiger partial charge in [-0.1, -0.05) is 42.5 Å². The number of benzene rings is 3. The Morgan fingerprint density at radius 1 is 1.03 bits per heavy atom. The maximum absolute atomic E-state index is 12.4. The maximum Gasteiger partial charge on any atom is 0.257 e. The Morgan fingerprint density at radius 3 is 2.48 bits per heavy atom. The second kappa shape index (κ2) is 10.0. The largest absolute Gasteiger partial charge is 0.506 e. The second-order valence-electron chi connectivity index (χ2n) is 6.15. The van der Waals surface area contributed by atoms with Gasteiger partial charge < -0.3 is 15.2 Å². The molecule has 3 aromatic carbocycles. The van der Waals surface area contributed by atoms with E-state index in [-0.39, 0.29) is 16.8 Å². The molecule has 0 aliphatic heterocycles. The van der Waals surface area contributed by atoms with Crippen LogP contribution in [-0.2, 0) is 6.42 Å². The molecule has 1 amide bonds. The molecule has 0 saturated heterocycles. The van der Waals surface area contributed by atoms with Gasteiger partial charge in [0.2, 0.25) is 0 Å². The maximum atomic E-state index is 12.4. The molecule has 3 N–H and O–H groups in total. The van der Waals surface area contributed by atoms with Crippen molar-refractivity contribution in [1.82, 2.24) is 5.32 Å². The van der Waals surface area contributed by atoms with Crippen LogP contribution in [0.1, 0.15) is 15.9 Å². The molecule has 0 unspecified atom stereocenters. The van der Waals surface area contributed by atoms with Crippen molar-refractivity contribution in [3.8, 4) is 11.5 Å². The smallest absolute Gasteiger partial charge is 0.257 e. The summed E-state index contributed by atoms with van der Waals surface area (Å²) in [5, 5.41) is 15.2. The standard InChI is InChI=1S/C22H19BrN2O3S/c23-17-14-16(10-11-20(17)28-13-12-15-6-2-1-3-7-15)21(27)25-22(29)24-18-8-4-5-9-19(18)26/h1-11,14,26H,12-13H2,(H2,24,25,27,29). The summed E-state index contributed by atoms with van der Waals surface area (Å²) in [6, 6.07) is 21.8. The van der Waals surface area contributed by atoms with Crippen molar-refractivity contribution in [2.75, 3.05) is 11.9 Å². The first kappa shape index (κ1) is 20.8. The van der Waals surface area contributed by atoms with Crippen molar-refractivity contribution < 1.29 is 14.6 Å². The van der Waals surface area contributed by atoms with E-state index >= 15 is 0 Å². The lowest BCUT2D eigenvalue weighted by Crippen LogP contribution is -2.34. The zero-order chi connectivity index (χ0) is 20.6. The van der Waals surface area contributed by atoms with Gasteiger partial charge in [0.05, 0.1) is 16.8 Å². The Balaban J connectivity index is 1.55. The van der Waals surface area contributed by atoms with Gasteiger partial charge in [0.1, 0.15) is 11.5 Å². The molecule has 0 spiro atoms. The van der Waals surface area contributed by atoms with Crippen molar-refractivity contribution in [2.45, 2.75) is 6.42 Å². The molecule has 0 aliphatic rings. The minimum atomic E-state index is -0.366. The highest BCUT2D eigenvalue weighted by Crippen LogP contribution is 2.26. The quantitative estimate of drug-likeness (QED) is 0.352. The Kier molecular flexibility index (Phi) is 7.21. The second-order valence-corrected chi connectivity index (χ2v) is 7.42. The van der Waals surface area contributed by atoms with Crippen LogP contribution in [0.5, 0.6) is 11.5 Å². The molecule has 0 aliphatic carbocycles. The third-order valence-corrected chi connectivity index (χ3v) is 4.89. The van der Waals surface area contributed by atoms with Crippen LogP contribution in [0.25, 0.3) is 0 Å². The number of thiocarbonyl (C=S) groups is 1. The number of halogens is 1. The molecule has 148 valence electrons. The Labute approximate surface area is 182 Å². The summed E-state index contributed by atoms with van der Waals surface area (Å²) in [5.74, 6) is 0.339. The van der Waals surface area contributed by atoms with E-state index < -0.39 is 0 Å². The average Bonchev–Trinajstić information content (AvgIpc) is 2.71. The van der Waals surface area contributed by atoms with E-state index in [0.29, 0.717) is 28.1 Å². The van der Waals surface area contributed by atoms with Crippen molar-refractivity contribution in [2.24, 2.45) is 0 Å². The van der Waals surface area contributed by atoms with Crippen molar-refractivity contribution in [3.63, 3.8) is 0 Å². The van der Waals surface area contributed by atoms with Crippen molar-refractivity contribution in [1.29, 1.82) is 0 Å². The number of carbonyl (C=O) groups excluding carboxylic acids is 1. The summed E-state index contributed by atoms with van der Waals surface area (Å²) in [6.07, 6.45) is 0.793. The van der Waals surface area contributed by atoms with Crippen LogP contribution in [0.2, 0.25) is 0 Å². The van der Waals surface area contributed by atoms with E-state index in [9.17, 15) is 9.90 Å². The summed E-state index contributed by atoms with van der Waals surface area (Å²) in [4.78, 5) is 12.4. The average molecular weight is 471 g/mol. The summed E-state index contributed by atoms with van der Waals surface area (Å²) in [6.45, 7) is 0.530. The minimum absolute atomic E-state index is 0.0452. The van der Waals surface area contributed by atoms with Crippen LogP contribution in [-0.4, -0.2) is 22.7 Å². The Morgan fingerprint density at radius 2 is 1.76 bits per heavy atom. The molecule has 0 atom stereocenters. The number of para-hydroxylation sites is 2. The molecular weight excluding hydrogens is 452 g/mol. The topological polar surface area (TPSA) is 70.6 Å². The summed E-state index contributed by atoms with van der Waals surface area (Å²) < 4.78 is 6.48. The first-order chi connectivity index (χ1) is 14.0. The molecule has 0 radical (unpaired) electrons. The molecule has 0 aromatic heterocycles. The summed E-state index contributed by atoms with van der Waals surface area (Å²) in [7, 11) is 0. The van der Waals surface area contributed by atoms with E-state index in [1.165, 1.54) is 11.6 Å². The highest BCUT2D eigenvalue weighted by molar-refractivity contribution is 9.10. The van der Waals surface area contributed by atoms with Crippen molar-refractivity contribution in [3.05, 3.63) is 88.4 Å². The first-order valence-corrected chi connectivity index (χ1v) is 10.1. The fraction of sp³-hybridized carbons (Fsp3) is 0.0909. The predicted molar refractivity (Wildman–Crippen MR) is 122 cm³/mol. The number of anilines is 1. The van der Waals surface area contributed by atoms with Crippen LogP contribution in [0.4, 0.5) is 5.69 Å². The summed E-state index contributed by atoms with van der Waals surface area (Å²) in [5.41, 5.74) is 2.04. The molecule has 5 nitrogen and oxygen atoms in total. The van der Waals surface area contributed by atoms with Gasteiger partial charge in [0, 0.05) is 12.0 Å². The molecule has 29 heavy (non-hydrogen) atoms. The molecule has 0 saturated carbocycles. The van der Waals surface area contributed by atoms with E-state index in [0.717, 1.165) is 6.42 Å². The molecule has 7 heteroatoms. The SMILES string of the molecule is O=C(NC(=S)Nc1ccccc1O)c1ccc(OCCc2ccccc2)c(Br)c1. The Bertz CT molecular complexity index is 1010. The van der Waals surface area contributed by atoms with Gasteiger partial charge in [0.25, 0.3) is 5.91 Å². The lowest BCUT2D eigenvalue weighted by molar-refractivity contribution is 0.0977. The number of aromatic hydroxyl groups is 1. The van der Waals surface area contributed by atoms with E-state index in [4.69, 9.17) is 17.0 Å². The van der Waals surface area contributed by atoms with Crippen LogP contribution >= 0.6 is 28.1 Å². The number of hydrogen-bond donors (Lipinski definition) is 3. The number of rotatable bonds is 6. The zero-order valence-electron chi connectivity index (χ0n) is 15.4. The van der Waals surface area contributed by atoms with Gasteiger partial charge in [-0.15, -0.1) is 0 Å². The Hall–Kier alpha value is -2.90. The van der Waals surface area contributed by atoms with Gasteiger partial charge in [-0.2, -0.15) is 0 Å². The lowest BCUT2D eigenvalue weighted by Gasteiger charge is -2.12. The van der Waals surface area contributed by atoms with Crippen LogP contribution in [0, 0.1) is 0 Å². The molecule has 3 rings (SSSR count). The third kappa shape index (κ3) is 6.04. The molecule has 0 heterocycles. The van der Waals surface area contributed by atoms with Crippen LogP contribution in [0.3, 0.4) is 0 Å². The van der Waals surface area contributed by atoms with Gasteiger partial charge >= 0.3 is 0 Å².